The Morgan fingerprint density at radius 2 is 1.55 bits per heavy atom. The first-order chi connectivity index (χ1) is 9.39. The second-order valence-corrected chi connectivity index (χ2v) is 13.0. The molecule has 0 aromatic rings. The molecular formula is C17H36OSSi. The Labute approximate surface area is 133 Å². The van der Waals surface area contributed by atoms with Crippen molar-refractivity contribution in [2.45, 2.75) is 84.4 Å². The fourth-order valence-corrected chi connectivity index (χ4v) is 9.57. The van der Waals surface area contributed by atoms with Crippen molar-refractivity contribution in [1.29, 1.82) is 0 Å². The van der Waals surface area contributed by atoms with E-state index in [1.165, 1.54) is 18.6 Å². The van der Waals surface area contributed by atoms with Crippen molar-refractivity contribution >= 4 is 20.1 Å². The molecule has 0 amide bonds. The van der Waals surface area contributed by atoms with Crippen LogP contribution in [0.5, 0.6) is 0 Å². The summed E-state index contributed by atoms with van der Waals surface area (Å²) in [6, 6.07) is 0. The zero-order chi connectivity index (χ0) is 15.6. The molecule has 0 N–H and O–H groups in total. The first-order valence-electron chi connectivity index (χ1n) is 8.30. The van der Waals surface area contributed by atoms with Gasteiger partial charge in [0.15, 0.2) is 8.32 Å². The molecule has 0 radical (unpaired) electrons. The predicted octanol–water partition coefficient (Wildman–Crippen LogP) is 6.62. The third-order valence-corrected chi connectivity index (χ3v) is 11.2. The van der Waals surface area contributed by atoms with Crippen LogP contribution in [0, 0.1) is 0 Å². The average molecular weight is 317 g/mol. The van der Waals surface area contributed by atoms with Crippen LogP contribution >= 0.6 is 11.8 Å². The molecule has 0 atom stereocenters. The van der Waals surface area contributed by atoms with Gasteiger partial charge in [-0.1, -0.05) is 61.0 Å². The van der Waals surface area contributed by atoms with E-state index < -0.39 is 8.32 Å². The van der Waals surface area contributed by atoms with Crippen molar-refractivity contribution < 1.29 is 4.43 Å². The van der Waals surface area contributed by atoms with E-state index in [9.17, 15) is 0 Å². The van der Waals surface area contributed by atoms with Crippen molar-refractivity contribution in [2.75, 3.05) is 12.4 Å². The highest BCUT2D eigenvalue weighted by Gasteiger charge is 2.44. The number of hydrogen-bond acceptors (Lipinski definition) is 2. The number of thioether (sulfide) groups is 1. The maximum absolute atomic E-state index is 6.52. The van der Waals surface area contributed by atoms with Gasteiger partial charge >= 0.3 is 0 Å². The summed E-state index contributed by atoms with van der Waals surface area (Å²) in [5, 5.41) is 2.25. The minimum absolute atomic E-state index is 0.686. The third kappa shape index (κ3) is 6.36. The molecule has 20 heavy (non-hydrogen) atoms. The first kappa shape index (κ1) is 20.3. The molecule has 0 aromatic heterocycles. The molecule has 0 bridgehead atoms. The Hall–Kier alpha value is 0.267. The van der Waals surface area contributed by atoms with E-state index in [0.29, 0.717) is 16.6 Å². The molecule has 3 heteroatoms. The van der Waals surface area contributed by atoms with Crippen LogP contribution in [0.3, 0.4) is 0 Å². The molecule has 0 saturated carbocycles. The van der Waals surface area contributed by atoms with Crippen LogP contribution in [0.1, 0.15) is 67.7 Å². The van der Waals surface area contributed by atoms with Crippen molar-refractivity contribution in [2.24, 2.45) is 0 Å². The molecule has 0 aliphatic carbocycles. The minimum Gasteiger partial charge on any atom is -0.416 e. The Balaban J connectivity index is 4.22. The standard InChI is InChI=1S/C17H36OSSi/c1-8-9-13-19-14-11-10-12-18-20(15(2)3,16(4)5)17(6)7/h11,14-17H,8-10,12-13H2,1-7H3/b14-11-. The zero-order valence-corrected chi connectivity index (χ0v) is 16.6. The molecule has 0 unspecified atom stereocenters. The molecular weight excluding hydrogens is 280 g/mol. The zero-order valence-electron chi connectivity index (χ0n) is 14.7. The third-order valence-electron chi connectivity index (χ3n) is 4.15. The summed E-state index contributed by atoms with van der Waals surface area (Å²) in [6.07, 6.45) is 5.94. The Kier molecular flexibility index (Phi) is 11.1. The SMILES string of the molecule is CCCCS/C=C\CCO[Si](C(C)C)(C(C)C)C(C)C. The average Bonchev–Trinajstić information content (AvgIpc) is 2.35. The Bertz CT molecular complexity index is 240. The highest BCUT2D eigenvalue weighted by atomic mass is 32.2. The lowest BCUT2D eigenvalue weighted by molar-refractivity contribution is 0.284. The molecule has 0 spiro atoms. The minimum atomic E-state index is -1.65. The van der Waals surface area contributed by atoms with E-state index in [1.807, 2.05) is 11.8 Å². The fraction of sp³-hybridized carbons (Fsp3) is 0.882. The molecule has 0 aromatic carbocycles. The van der Waals surface area contributed by atoms with Crippen molar-refractivity contribution in [3.63, 3.8) is 0 Å². The summed E-state index contributed by atoms with van der Waals surface area (Å²) in [5.41, 5.74) is 2.06. The van der Waals surface area contributed by atoms with Gasteiger partial charge in [0, 0.05) is 6.61 Å². The monoisotopic (exact) mass is 316 g/mol. The maximum Gasteiger partial charge on any atom is 0.200 e. The van der Waals surface area contributed by atoms with Gasteiger partial charge in [-0.05, 0) is 40.6 Å². The lowest BCUT2D eigenvalue weighted by atomic mass is 10.4. The Morgan fingerprint density at radius 3 is 2.00 bits per heavy atom. The fourth-order valence-electron chi connectivity index (χ4n) is 3.24. The highest BCUT2D eigenvalue weighted by molar-refractivity contribution is 8.02. The van der Waals surface area contributed by atoms with Gasteiger partial charge < -0.3 is 4.43 Å². The van der Waals surface area contributed by atoms with Gasteiger partial charge in [0.2, 0.25) is 0 Å². The summed E-state index contributed by atoms with van der Waals surface area (Å²) in [6.45, 7) is 17.2. The first-order valence-corrected chi connectivity index (χ1v) is 11.5. The van der Waals surface area contributed by atoms with Crippen molar-refractivity contribution in [3.05, 3.63) is 11.5 Å². The van der Waals surface area contributed by atoms with Crippen LogP contribution in [-0.4, -0.2) is 20.7 Å². The number of hydrogen-bond donors (Lipinski definition) is 0. The van der Waals surface area contributed by atoms with Crippen molar-refractivity contribution in [3.8, 4) is 0 Å². The van der Waals surface area contributed by atoms with E-state index in [2.05, 4.69) is 60.0 Å². The lowest BCUT2D eigenvalue weighted by Crippen LogP contribution is -2.47. The van der Waals surface area contributed by atoms with Gasteiger partial charge in [-0.25, -0.2) is 0 Å². The van der Waals surface area contributed by atoms with Gasteiger partial charge in [0.05, 0.1) is 0 Å². The predicted molar refractivity (Wildman–Crippen MR) is 98.1 cm³/mol. The highest BCUT2D eigenvalue weighted by Crippen LogP contribution is 2.42. The maximum atomic E-state index is 6.52. The van der Waals surface area contributed by atoms with E-state index >= 15 is 0 Å². The van der Waals surface area contributed by atoms with Gasteiger partial charge in [-0.3, -0.25) is 0 Å². The van der Waals surface area contributed by atoms with Crippen LogP contribution in [0.4, 0.5) is 0 Å². The summed E-state index contributed by atoms with van der Waals surface area (Å²) < 4.78 is 6.52. The smallest absolute Gasteiger partial charge is 0.200 e. The summed E-state index contributed by atoms with van der Waals surface area (Å²) in [5.74, 6) is 1.25. The quantitative estimate of drug-likeness (QED) is 0.313. The summed E-state index contributed by atoms with van der Waals surface area (Å²) in [4.78, 5) is 0. The van der Waals surface area contributed by atoms with Crippen LogP contribution in [0.15, 0.2) is 11.5 Å². The second-order valence-electron chi connectivity index (χ2n) is 6.55. The second kappa shape index (κ2) is 10.9. The van der Waals surface area contributed by atoms with E-state index in [0.717, 1.165) is 13.0 Å². The molecule has 0 saturated heterocycles. The van der Waals surface area contributed by atoms with Crippen LogP contribution in [-0.2, 0) is 4.43 Å². The molecule has 0 aliphatic heterocycles. The van der Waals surface area contributed by atoms with Crippen LogP contribution in [0.25, 0.3) is 0 Å². The number of unbranched alkanes of at least 4 members (excludes halogenated alkanes) is 1. The topological polar surface area (TPSA) is 9.23 Å². The molecule has 120 valence electrons. The summed E-state index contributed by atoms with van der Waals surface area (Å²) in [7, 11) is -1.65. The van der Waals surface area contributed by atoms with Gasteiger partial charge in [0.25, 0.3) is 0 Å². The normalized spacial score (nSPS) is 13.3. The lowest BCUT2D eigenvalue weighted by Gasteiger charge is -2.42. The Morgan fingerprint density at radius 1 is 1.00 bits per heavy atom. The van der Waals surface area contributed by atoms with Gasteiger partial charge in [-0.2, -0.15) is 0 Å². The molecule has 1 nitrogen and oxygen atoms in total. The molecule has 0 heterocycles. The molecule has 0 aliphatic rings. The van der Waals surface area contributed by atoms with Gasteiger partial charge in [0.1, 0.15) is 0 Å². The van der Waals surface area contributed by atoms with E-state index in [-0.39, 0.29) is 0 Å². The largest absolute Gasteiger partial charge is 0.416 e. The van der Waals surface area contributed by atoms with Crippen molar-refractivity contribution in [1.82, 2.24) is 0 Å². The molecule has 0 rings (SSSR count). The van der Waals surface area contributed by atoms with Gasteiger partial charge in [-0.15, -0.1) is 11.8 Å². The van der Waals surface area contributed by atoms with E-state index in [1.54, 1.807) is 0 Å². The van der Waals surface area contributed by atoms with Crippen LogP contribution < -0.4 is 0 Å². The van der Waals surface area contributed by atoms with E-state index in [4.69, 9.17) is 4.43 Å². The summed E-state index contributed by atoms with van der Waals surface area (Å²) >= 11 is 1.93. The number of rotatable bonds is 11. The van der Waals surface area contributed by atoms with Crippen LogP contribution in [0.2, 0.25) is 16.6 Å². The molecule has 0 fully saturated rings.